The monoisotopic (exact) mass is 455 g/mol. The topological polar surface area (TPSA) is 124 Å². The van der Waals surface area contributed by atoms with E-state index >= 15 is 0 Å². The first-order valence-electron chi connectivity index (χ1n) is 8.83. The second-order valence-corrected chi connectivity index (χ2v) is 7.66. The molecule has 1 unspecified atom stereocenters. The van der Waals surface area contributed by atoms with Gasteiger partial charge in [-0.25, -0.2) is 18.3 Å². The van der Waals surface area contributed by atoms with Crippen LogP contribution < -0.4 is 4.31 Å². The van der Waals surface area contributed by atoms with Crippen LogP contribution in [0.25, 0.3) is 22.0 Å². The molecule has 4 rings (SSSR count). The van der Waals surface area contributed by atoms with E-state index in [0.29, 0.717) is 5.56 Å². The molecule has 10 heteroatoms. The van der Waals surface area contributed by atoms with Crippen LogP contribution in [0.1, 0.15) is 10.4 Å². The highest BCUT2D eigenvalue weighted by atomic mass is 35.5. The fourth-order valence-corrected chi connectivity index (χ4v) is 3.94. The minimum atomic E-state index is -2.54. The summed E-state index contributed by atoms with van der Waals surface area (Å²) in [6, 6.07) is 14.4. The summed E-state index contributed by atoms with van der Waals surface area (Å²) in [4.78, 5) is 19.5. The van der Waals surface area contributed by atoms with Gasteiger partial charge in [0.1, 0.15) is 16.5 Å². The minimum Gasteiger partial charge on any atom is -0.507 e. The fraction of sp³-hybridized carbons (Fsp3) is 0. The van der Waals surface area contributed by atoms with E-state index < -0.39 is 23.0 Å². The first-order valence-corrected chi connectivity index (χ1v) is 10.3. The average Bonchev–Trinajstić information content (AvgIpc) is 2.74. The van der Waals surface area contributed by atoms with Crippen molar-refractivity contribution in [3.8, 4) is 16.9 Å². The zero-order chi connectivity index (χ0) is 22.1. The zero-order valence-corrected chi connectivity index (χ0v) is 17.2. The van der Waals surface area contributed by atoms with Crippen molar-refractivity contribution in [2.75, 3.05) is 4.31 Å². The minimum absolute atomic E-state index is 0.0983. The molecule has 8 nitrogen and oxygen atoms in total. The largest absolute Gasteiger partial charge is 0.507 e. The maximum atomic E-state index is 12.1. The Kier molecular flexibility index (Phi) is 5.55. The van der Waals surface area contributed by atoms with Crippen molar-refractivity contribution in [3.05, 3.63) is 77.7 Å². The number of carboxylic acids is 1. The Balaban J connectivity index is 1.82. The molecule has 31 heavy (non-hydrogen) atoms. The molecule has 0 radical (unpaired) electrons. The Morgan fingerprint density at radius 1 is 1.03 bits per heavy atom. The molecule has 0 spiro atoms. The highest BCUT2D eigenvalue weighted by Crippen LogP contribution is 2.36. The van der Waals surface area contributed by atoms with Gasteiger partial charge in [-0.15, -0.1) is 0 Å². The van der Waals surface area contributed by atoms with E-state index in [2.05, 4.69) is 9.97 Å². The molecule has 0 saturated heterocycles. The van der Waals surface area contributed by atoms with E-state index in [4.69, 9.17) is 16.7 Å². The standard InChI is InChI=1S/C21H14ClN3O5S/c22-20-17(12-3-6-18-13(8-12)2-1-7-23-18)9-15(11-24-20)25(31(29)30)14-4-5-16(21(27)28)19(26)10-14/h1-11,26H,(H,27,28)(H,29,30). The maximum absolute atomic E-state index is 12.1. The van der Waals surface area contributed by atoms with Crippen LogP contribution in [0.3, 0.4) is 0 Å². The number of aromatic hydroxyl groups is 1. The summed E-state index contributed by atoms with van der Waals surface area (Å²) in [5.74, 6) is -1.86. The number of carbonyl (C=O) groups is 1. The summed E-state index contributed by atoms with van der Waals surface area (Å²) in [5, 5.41) is 20.1. The van der Waals surface area contributed by atoms with Gasteiger partial charge in [-0.2, -0.15) is 0 Å². The van der Waals surface area contributed by atoms with Crippen LogP contribution in [0, 0.1) is 0 Å². The van der Waals surface area contributed by atoms with Crippen molar-refractivity contribution in [3.63, 3.8) is 0 Å². The molecule has 2 heterocycles. The number of aromatic carboxylic acids is 1. The smallest absolute Gasteiger partial charge is 0.339 e. The highest BCUT2D eigenvalue weighted by Gasteiger charge is 2.20. The summed E-state index contributed by atoms with van der Waals surface area (Å²) in [7, 11) is 0. The van der Waals surface area contributed by atoms with Gasteiger partial charge in [0, 0.05) is 23.2 Å². The number of benzene rings is 2. The van der Waals surface area contributed by atoms with Crippen LogP contribution >= 0.6 is 11.6 Å². The number of phenols is 1. The van der Waals surface area contributed by atoms with E-state index in [0.717, 1.165) is 32.9 Å². The average molecular weight is 456 g/mol. The predicted molar refractivity (Wildman–Crippen MR) is 118 cm³/mol. The Hall–Kier alpha value is -3.53. The number of anilines is 2. The van der Waals surface area contributed by atoms with Crippen LogP contribution in [0.4, 0.5) is 11.4 Å². The molecule has 0 aliphatic rings. The van der Waals surface area contributed by atoms with Gasteiger partial charge in [-0.05, 0) is 42.0 Å². The number of nitrogens with zero attached hydrogens (tertiary/aromatic N) is 3. The number of aromatic nitrogens is 2. The summed E-state index contributed by atoms with van der Waals surface area (Å²) in [6.07, 6.45) is 3.00. The summed E-state index contributed by atoms with van der Waals surface area (Å²) < 4.78 is 23.0. The normalized spacial score (nSPS) is 11.9. The lowest BCUT2D eigenvalue weighted by molar-refractivity contribution is 0.0694. The maximum Gasteiger partial charge on any atom is 0.339 e. The lowest BCUT2D eigenvalue weighted by Crippen LogP contribution is -2.19. The molecular formula is C21H14ClN3O5S. The Labute approximate surface area is 183 Å². The van der Waals surface area contributed by atoms with Gasteiger partial charge in [-0.1, -0.05) is 23.7 Å². The van der Waals surface area contributed by atoms with Crippen molar-refractivity contribution < 1.29 is 23.8 Å². The van der Waals surface area contributed by atoms with E-state index in [1.54, 1.807) is 12.3 Å². The molecule has 0 saturated carbocycles. The van der Waals surface area contributed by atoms with Crippen molar-refractivity contribution in [1.29, 1.82) is 0 Å². The van der Waals surface area contributed by atoms with Gasteiger partial charge in [0.05, 0.1) is 23.1 Å². The summed E-state index contributed by atoms with van der Waals surface area (Å²) in [5.41, 5.74) is 2.04. The molecular weight excluding hydrogens is 442 g/mol. The molecule has 1 atom stereocenters. The van der Waals surface area contributed by atoms with Crippen LogP contribution in [-0.4, -0.2) is 34.9 Å². The molecule has 2 aromatic carbocycles. The van der Waals surface area contributed by atoms with Crippen LogP contribution in [0.2, 0.25) is 5.15 Å². The molecule has 0 bridgehead atoms. The third-order valence-corrected chi connectivity index (χ3v) is 5.61. The van der Waals surface area contributed by atoms with E-state index in [-0.39, 0.29) is 22.1 Å². The Morgan fingerprint density at radius 2 is 1.84 bits per heavy atom. The van der Waals surface area contributed by atoms with Crippen molar-refractivity contribution in [2.24, 2.45) is 0 Å². The van der Waals surface area contributed by atoms with Gasteiger partial charge in [0.15, 0.2) is 0 Å². The lowest BCUT2D eigenvalue weighted by atomic mass is 10.0. The van der Waals surface area contributed by atoms with Crippen molar-refractivity contribution in [1.82, 2.24) is 9.97 Å². The first kappa shape index (κ1) is 20.7. The third-order valence-electron chi connectivity index (χ3n) is 4.58. The van der Waals surface area contributed by atoms with Gasteiger partial charge in [-0.3, -0.25) is 9.54 Å². The zero-order valence-electron chi connectivity index (χ0n) is 15.6. The number of carboxylic acid groups (broad SMARTS) is 1. The first-order chi connectivity index (χ1) is 14.8. The van der Waals surface area contributed by atoms with E-state index in [9.17, 15) is 18.7 Å². The highest BCUT2D eigenvalue weighted by molar-refractivity contribution is 7.81. The number of fused-ring (bicyclic) bond motifs is 1. The number of pyridine rings is 2. The number of rotatable bonds is 5. The number of hydrogen-bond acceptors (Lipinski definition) is 5. The van der Waals surface area contributed by atoms with Gasteiger partial charge in [0.2, 0.25) is 0 Å². The van der Waals surface area contributed by atoms with E-state index in [1.165, 1.54) is 12.3 Å². The molecule has 4 aromatic rings. The van der Waals surface area contributed by atoms with Crippen molar-refractivity contribution in [2.45, 2.75) is 0 Å². The third kappa shape index (κ3) is 4.06. The second kappa shape index (κ2) is 8.31. The second-order valence-electron chi connectivity index (χ2n) is 6.47. The molecule has 0 fully saturated rings. The van der Waals surface area contributed by atoms with Crippen LogP contribution in [0.5, 0.6) is 5.75 Å². The molecule has 2 aromatic heterocycles. The SMILES string of the molecule is O=C(O)c1ccc(N(c2cnc(Cl)c(-c3ccc4ncccc4c3)c2)S(=O)O)cc1O. The fourth-order valence-electron chi connectivity index (χ4n) is 3.15. The molecule has 0 aliphatic carbocycles. The van der Waals surface area contributed by atoms with Gasteiger partial charge in [0.25, 0.3) is 11.3 Å². The van der Waals surface area contributed by atoms with Gasteiger partial charge >= 0.3 is 5.97 Å². The summed E-state index contributed by atoms with van der Waals surface area (Å²) in [6.45, 7) is 0. The van der Waals surface area contributed by atoms with Crippen LogP contribution in [-0.2, 0) is 11.3 Å². The predicted octanol–water partition coefficient (Wildman–Crippen LogP) is 4.63. The Morgan fingerprint density at radius 3 is 2.55 bits per heavy atom. The van der Waals surface area contributed by atoms with Crippen molar-refractivity contribution >= 4 is 51.1 Å². The molecule has 0 amide bonds. The number of halogens is 1. The van der Waals surface area contributed by atoms with E-state index in [1.807, 2.05) is 30.3 Å². The van der Waals surface area contributed by atoms with Crippen LogP contribution in [0.15, 0.2) is 67.0 Å². The Bertz CT molecular complexity index is 1350. The molecule has 3 N–H and O–H groups in total. The van der Waals surface area contributed by atoms with Gasteiger partial charge < -0.3 is 10.2 Å². The molecule has 156 valence electrons. The summed E-state index contributed by atoms with van der Waals surface area (Å²) >= 11 is 3.76. The lowest BCUT2D eigenvalue weighted by Gasteiger charge is -2.21. The quantitative estimate of drug-likeness (QED) is 0.296. The number of hydrogen-bond donors (Lipinski definition) is 3. The molecule has 0 aliphatic heterocycles.